The van der Waals surface area contributed by atoms with Crippen molar-refractivity contribution in [2.45, 2.75) is 64.3 Å². The highest BCUT2D eigenvalue weighted by molar-refractivity contribution is 5.71. The van der Waals surface area contributed by atoms with E-state index >= 15 is 0 Å². The Hall–Kier alpha value is -2.70. The number of phenolic OH excluding ortho intramolecular Hbond substituents is 3. The minimum absolute atomic E-state index is 0.157. The molecule has 1 aliphatic carbocycles. The number of aliphatic hydroxyl groups excluding tert-OH is 1. The first-order chi connectivity index (χ1) is 15.8. The molecule has 178 valence electrons. The predicted octanol–water partition coefficient (Wildman–Crippen LogP) is 4.87. The molecule has 1 aliphatic heterocycles. The Morgan fingerprint density at radius 1 is 1.09 bits per heavy atom. The first-order valence-corrected chi connectivity index (χ1v) is 11.7. The molecule has 1 saturated heterocycles. The third-order valence-electron chi connectivity index (χ3n) is 6.83. The normalized spacial score (nSPS) is 23.9. The summed E-state index contributed by atoms with van der Waals surface area (Å²) in [6.45, 7) is 4.35. The average Bonchev–Trinajstić information content (AvgIpc) is 2.78. The van der Waals surface area contributed by atoms with Gasteiger partial charge in [-0.05, 0) is 60.4 Å². The molecule has 1 heterocycles. The van der Waals surface area contributed by atoms with Gasteiger partial charge < -0.3 is 29.9 Å². The maximum atomic E-state index is 10.8. The predicted molar refractivity (Wildman–Crippen MR) is 127 cm³/mol. The van der Waals surface area contributed by atoms with Crippen molar-refractivity contribution in [1.82, 2.24) is 0 Å². The van der Waals surface area contributed by atoms with Crippen LogP contribution in [-0.4, -0.2) is 39.7 Å². The molecule has 6 heteroatoms. The molecule has 0 amide bonds. The Morgan fingerprint density at radius 3 is 2.61 bits per heavy atom. The third kappa shape index (κ3) is 4.82. The summed E-state index contributed by atoms with van der Waals surface area (Å²) in [5.41, 5.74) is 3.48. The van der Waals surface area contributed by atoms with E-state index in [1.165, 1.54) is 13.2 Å². The maximum absolute atomic E-state index is 10.8. The van der Waals surface area contributed by atoms with Crippen LogP contribution in [0.5, 0.6) is 23.0 Å². The molecule has 1 fully saturated rings. The molecule has 0 aromatic heterocycles. The van der Waals surface area contributed by atoms with E-state index in [4.69, 9.17) is 9.47 Å². The standard InChI is InChI=1S/C27H34O6/c1-15(2)4-7-17-12-16(6-11-22(17)28)5-8-18-13-23(29)20-10-9-19-21(26(20)33-18)14-24(30)25(31)27(19)32-3/h6,9-12,14-15,18,20,23,26,28-31H,4-5,7-8,13H2,1-3H3/t18-,20-,23+,26-/m0/s1. The summed E-state index contributed by atoms with van der Waals surface area (Å²) in [6, 6.07) is 7.29. The number of benzene rings is 2. The van der Waals surface area contributed by atoms with Crippen molar-refractivity contribution in [3.63, 3.8) is 0 Å². The van der Waals surface area contributed by atoms with Crippen LogP contribution in [0.25, 0.3) is 6.08 Å². The molecule has 2 aromatic carbocycles. The van der Waals surface area contributed by atoms with Crippen LogP contribution in [0, 0.1) is 11.8 Å². The van der Waals surface area contributed by atoms with Crippen LogP contribution in [0.3, 0.4) is 0 Å². The lowest BCUT2D eigenvalue weighted by atomic mass is 9.78. The molecule has 4 N–H and O–H groups in total. The van der Waals surface area contributed by atoms with Crippen LogP contribution in [0.1, 0.15) is 61.5 Å². The van der Waals surface area contributed by atoms with Crippen LogP contribution in [0.4, 0.5) is 0 Å². The number of phenols is 3. The van der Waals surface area contributed by atoms with Crippen LogP contribution in [0.15, 0.2) is 30.3 Å². The monoisotopic (exact) mass is 454 g/mol. The Bertz CT molecular complexity index is 1030. The molecule has 2 aromatic rings. The van der Waals surface area contributed by atoms with Gasteiger partial charge >= 0.3 is 0 Å². The Morgan fingerprint density at radius 2 is 1.88 bits per heavy atom. The summed E-state index contributed by atoms with van der Waals surface area (Å²) >= 11 is 0. The van der Waals surface area contributed by atoms with Gasteiger partial charge in [-0.25, -0.2) is 0 Å². The van der Waals surface area contributed by atoms with Crippen molar-refractivity contribution in [2.75, 3.05) is 7.11 Å². The molecule has 33 heavy (non-hydrogen) atoms. The van der Waals surface area contributed by atoms with Crippen LogP contribution < -0.4 is 4.74 Å². The van der Waals surface area contributed by atoms with E-state index in [0.29, 0.717) is 29.2 Å². The van der Waals surface area contributed by atoms with Gasteiger partial charge in [-0.2, -0.15) is 0 Å². The van der Waals surface area contributed by atoms with Gasteiger partial charge in [0, 0.05) is 17.9 Å². The van der Waals surface area contributed by atoms with Crippen LogP contribution in [0.2, 0.25) is 0 Å². The van der Waals surface area contributed by atoms with Crippen molar-refractivity contribution >= 4 is 6.08 Å². The van der Waals surface area contributed by atoms with E-state index in [0.717, 1.165) is 36.8 Å². The molecule has 0 bridgehead atoms. The van der Waals surface area contributed by atoms with Gasteiger partial charge in [-0.3, -0.25) is 0 Å². The van der Waals surface area contributed by atoms with E-state index in [-0.39, 0.29) is 29.3 Å². The first-order valence-electron chi connectivity index (χ1n) is 11.7. The zero-order chi connectivity index (χ0) is 23.7. The minimum atomic E-state index is -0.568. The fraction of sp³-hybridized carbons (Fsp3) is 0.481. The summed E-state index contributed by atoms with van der Waals surface area (Å²) in [4.78, 5) is 0. The summed E-state index contributed by atoms with van der Waals surface area (Å²) in [7, 11) is 1.45. The van der Waals surface area contributed by atoms with Gasteiger partial charge in [0.1, 0.15) is 5.75 Å². The quantitative estimate of drug-likeness (QED) is 0.446. The fourth-order valence-electron chi connectivity index (χ4n) is 4.93. The molecule has 0 radical (unpaired) electrons. The number of methoxy groups -OCH3 is 1. The molecule has 0 spiro atoms. The second kappa shape index (κ2) is 9.65. The van der Waals surface area contributed by atoms with E-state index in [1.54, 1.807) is 6.07 Å². The van der Waals surface area contributed by atoms with E-state index in [1.807, 2.05) is 18.2 Å². The summed E-state index contributed by atoms with van der Waals surface area (Å²) in [5.74, 6) is 0.335. The van der Waals surface area contributed by atoms with Gasteiger partial charge in [0.15, 0.2) is 11.5 Å². The molecule has 4 atom stereocenters. The van der Waals surface area contributed by atoms with Gasteiger partial charge in [-0.15, -0.1) is 0 Å². The lowest BCUT2D eigenvalue weighted by Gasteiger charge is -2.41. The maximum Gasteiger partial charge on any atom is 0.201 e. The molecule has 0 unspecified atom stereocenters. The lowest BCUT2D eigenvalue weighted by molar-refractivity contribution is -0.127. The third-order valence-corrected chi connectivity index (χ3v) is 6.83. The van der Waals surface area contributed by atoms with E-state index in [2.05, 4.69) is 19.9 Å². The highest BCUT2D eigenvalue weighted by Crippen LogP contribution is 2.50. The minimum Gasteiger partial charge on any atom is -0.508 e. The topological polar surface area (TPSA) is 99.4 Å². The second-order valence-corrected chi connectivity index (χ2v) is 9.63. The number of aliphatic hydroxyl groups is 1. The zero-order valence-corrected chi connectivity index (χ0v) is 19.5. The summed E-state index contributed by atoms with van der Waals surface area (Å²) in [6.07, 6.45) is 6.46. The number of hydrogen-bond acceptors (Lipinski definition) is 6. The largest absolute Gasteiger partial charge is 0.508 e. The molecule has 4 rings (SSSR count). The SMILES string of the molecule is COc1c(O)c(O)cc2c1C=C[C@H]1[C@H](O)C[C@H](CCc3ccc(O)c(CCC(C)C)c3)O[C@H]21. The number of hydrogen-bond donors (Lipinski definition) is 4. The zero-order valence-electron chi connectivity index (χ0n) is 19.5. The van der Waals surface area contributed by atoms with E-state index < -0.39 is 12.2 Å². The fourth-order valence-corrected chi connectivity index (χ4v) is 4.93. The Balaban J connectivity index is 1.50. The van der Waals surface area contributed by atoms with Crippen molar-refractivity contribution in [3.05, 3.63) is 52.6 Å². The van der Waals surface area contributed by atoms with Gasteiger partial charge in [0.2, 0.25) is 5.75 Å². The van der Waals surface area contributed by atoms with Crippen LogP contribution in [-0.2, 0) is 17.6 Å². The number of rotatable bonds is 7. The summed E-state index contributed by atoms with van der Waals surface area (Å²) < 4.78 is 11.7. The van der Waals surface area contributed by atoms with Crippen molar-refractivity contribution in [1.29, 1.82) is 0 Å². The van der Waals surface area contributed by atoms with Crippen LogP contribution >= 0.6 is 0 Å². The Labute approximate surface area is 195 Å². The highest BCUT2D eigenvalue weighted by atomic mass is 16.5. The molecule has 0 saturated carbocycles. The van der Waals surface area contributed by atoms with Gasteiger partial charge in [0.25, 0.3) is 0 Å². The summed E-state index contributed by atoms with van der Waals surface area (Å²) in [5, 5.41) is 41.4. The average molecular weight is 455 g/mol. The second-order valence-electron chi connectivity index (χ2n) is 9.63. The van der Waals surface area contributed by atoms with Gasteiger partial charge in [-0.1, -0.05) is 38.1 Å². The molecule has 2 aliphatic rings. The Kier molecular flexibility index (Phi) is 6.86. The number of aromatic hydroxyl groups is 3. The highest BCUT2D eigenvalue weighted by Gasteiger charge is 2.41. The smallest absolute Gasteiger partial charge is 0.201 e. The van der Waals surface area contributed by atoms with Gasteiger partial charge in [0.05, 0.1) is 25.4 Å². The van der Waals surface area contributed by atoms with Crippen molar-refractivity contribution < 1.29 is 29.9 Å². The number of ether oxygens (including phenoxy) is 2. The van der Waals surface area contributed by atoms with Crippen molar-refractivity contribution in [2.24, 2.45) is 11.8 Å². The molecular weight excluding hydrogens is 420 g/mol. The molecule has 6 nitrogen and oxygen atoms in total. The number of aryl methyl sites for hydroxylation is 2. The number of fused-ring (bicyclic) bond motifs is 3. The van der Waals surface area contributed by atoms with Crippen molar-refractivity contribution in [3.8, 4) is 23.0 Å². The first kappa shape index (κ1) is 23.5. The molecular formula is C27H34O6. The lowest BCUT2D eigenvalue weighted by Crippen LogP contribution is -2.40. The van der Waals surface area contributed by atoms with E-state index in [9.17, 15) is 20.4 Å².